The Bertz CT molecular complexity index is 617. The van der Waals surface area contributed by atoms with Crippen LogP contribution in [0.5, 0.6) is 5.75 Å². The molecule has 6 heteroatoms. The summed E-state index contributed by atoms with van der Waals surface area (Å²) in [5, 5.41) is 0.831. The number of benzene rings is 1. The first-order valence-electron chi connectivity index (χ1n) is 7.26. The van der Waals surface area contributed by atoms with Gasteiger partial charge in [-0.2, -0.15) is 4.99 Å². The summed E-state index contributed by atoms with van der Waals surface area (Å²) in [5.74, 6) is 0.664. The first-order chi connectivity index (χ1) is 10.7. The van der Waals surface area contributed by atoms with Crippen molar-refractivity contribution in [1.29, 1.82) is 0 Å². The van der Waals surface area contributed by atoms with Gasteiger partial charge in [0.15, 0.2) is 5.17 Å². The lowest BCUT2D eigenvalue weighted by Gasteiger charge is -2.32. The second kappa shape index (κ2) is 6.54. The molecule has 2 aliphatic rings. The Morgan fingerprint density at radius 1 is 1.18 bits per heavy atom. The number of amidine groups is 1. The molecule has 1 saturated heterocycles. The van der Waals surface area contributed by atoms with Gasteiger partial charge in [0.25, 0.3) is 5.91 Å². The summed E-state index contributed by atoms with van der Waals surface area (Å²) in [4.78, 5) is 21.4. The molecule has 0 N–H and O–H groups in total. The van der Waals surface area contributed by atoms with Crippen LogP contribution < -0.4 is 4.74 Å². The van der Waals surface area contributed by atoms with E-state index in [1.54, 1.807) is 7.11 Å². The maximum atomic E-state index is 12.1. The topological polar surface area (TPSA) is 45.1 Å². The third-order valence-corrected chi connectivity index (χ3v) is 4.84. The standard InChI is InChI=1S/C16H19N3O2S/c1-18-7-9-19(10-8-18)16-17-15(20)14(22-16)11-12-3-5-13(21-2)6-4-12/h3-6,11H,7-10H2,1-2H3/b14-11-. The molecule has 116 valence electrons. The minimum atomic E-state index is -0.144. The molecule has 5 nitrogen and oxygen atoms in total. The highest BCUT2D eigenvalue weighted by molar-refractivity contribution is 8.18. The summed E-state index contributed by atoms with van der Waals surface area (Å²) in [6.45, 7) is 3.85. The van der Waals surface area contributed by atoms with Crippen molar-refractivity contribution < 1.29 is 9.53 Å². The molecule has 0 atom stereocenters. The zero-order valence-corrected chi connectivity index (χ0v) is 13.6. The average molecular weight is 317 g/mol. The zero-order chi connectivity index (χ0) is 15.5. The number of methoxy groups -OCH3 is 1. The van der Waals surface area contributed by atoms with E-state index < -0.39 is 0 Å². The number of rotatable bonds is 2. The summed E-state index contributed by atoms with van der Waals surface area (Å²) in [5.41, 5.74) is 0.978. The van der Waals surface area contributed by atoms with Gasteiger partial charge in [0.1, 0.15) is 5.75 Å². The van der Waals surface area contributed by atoms with Gasteiger partial charge >= 0.3 is 0 Å². The minimum Gasteiger partial charge on any atom is -0.497 e. The van der Waals surface area contributed by atoms with Gasteiger partial charge in [-0.25, -0.2) is 0 Å². The van der Waals surface area contributed by atoms with Crippen LogP contribution in [-0.4, -0.2) is 61.2 Å². The second-order valence-corrected chi connectivity index (χ2v) is 6.38. The minimum absolute atomic E-state index is 0.144. The van der Waals surface area contributed by atoms with E-state index in [0.29, 0.717) is 4.91 Å². The maximum Gasteiger partial charge on any atom is 0.286 e. The molecule has 1 aromatic rings. The Morgan fingerprint density at radius 3 is 2.50 bits per heavy atom. The van der Waals surface area contributed by atoms with Crippen molar-refractivity contribution in [2.75, 3.05) is 40.3 Å². The van der Waals surface area contributed by atoms with Gasteiger partial charge in [-0.1, -0.05) is 12.1 Å². The molecule has 0 spiro atoms. The fraction of sp³-hybridized carbons (Fsp3) is 0.375. The lowest BCUT2D eigenvalue weighted by atomic mass is 10.2. The molecule has 3 rings (SSSR count). The third kappa shape index (κ3) is 3.34. The van der Waals surface area contributed by atoms with E-state index in [9.17, 15) is 4.79 Å². The number of hydrogen-bond acceptors (Lipinski definition) is 5. The van der Waals surface area contributed by atoms with E-state index in [2.05, 4.69) is 21.8 Å². The smallest absolute Gasteiger partial charge is 0.286 e. The van der Waals surface area contributed by atoms with Crippen LogP contribution in [0.3, 0.4) is 0 Å². The molecule has 1 fully saturated rings. The van der Waals surface area contributed by atoms with Crippen molar-refractivity contribution in [2.24, 2.45) is 4.99 Å². The van der Waals surface area contributed by atoms with E-state index >= 15 is 0 Å². The first kappa shape index (κ1) is 15.1. The van der Waals surface area contributed by atoms with Crippen molar-refractivity contribution in [3.8, 4) is 5.75 Å². The molecule has 1 aromatic carbocycles. The molecule has 0 aliphatic carbocycles. The Morgan fingerprint density at radius 2 is 1.86 bits per heavy atom. The van der Waals surface area contributed by atoms with E-state index in [0.717, 1.165) is 42.7 Å². The second-order valence-electron chi connectivity index (χ2n) is 5.37. The SMILES string of the molecule is COc1ccc(/C=C2\SC(N3CCN(C)CC3)=NC2=O)cc1. The van der Waals surface area contributed by atoms with Crippen molar-refractivity contribution in [3.63, 3.8) is 0 Å². The molecule has 0 unspecified atom stereocenters. The first-order valence-corrected chi connectivity index (χ1v) is 8.07. The molecule has 0 saturated carbocycles. The number of aliphatic imine (C=N–C) groups is 1. The Labute approximate surface area is 134 Å². The predicted octanol–water partition coefficient (Wildman–Crippen LogP) is 1.91. The van der Waals surface area contributed by atoms with Crippen LogP contribution >= 0.6 is 11.8 Å². The molecule has 22 heavy (non-hydrogen) atoms. The number of amides is 1. The summed E-state index contributed by atoms with van der Waals surface area (Å²) in [6.07, 6.45) is 1.89. The van der Waals surface area contributed by atoms with E-state index in [-0.39, 0.29) is 5.91 Å². The quantitative estimate of drug-likeness (QED) is 0.780. The number of piperazine rings is 1. The van der Waals surface area contributed by atoms with E-state index in [4.69, 9.17) is 4.74 Å². The maximum absolute atomic E-state index is 12.1. The molecule has 2 aliphatic heterocycles. The van der Waals surface area contributed by atoms with Gasteiger partial charge in [-0.3, -0.25) is 4.79 Å². The molecule has 0 bridgehead atoms. The fourth-order valence-electron chi connectivity index (χ4n) is 2.38. The van der Waals surface area contributed by atoms with Gasteiger partial charge < -0.3 is 14.5 Å². The van der Waals surface area contributed by atoms with Crippen LogP contribution in [0.1, 0.15) is 5.56 Å². The van der Waals surface area contributed by atoms with Gasteiger partial charge in [0, 0.05) is 26.2 Å². The normalized spacial score (nSPS) is 21.4. The molecule has 0 aromatic heterocycles. The monoisotopic (exact) mass is 317 g/mol. The van der Waals surface area contributed by atoms with Crippen LogP contribution in [-0.2, 0) is 4.79 Å². The summed E-state index contributed by atoms with van der Waals surface area (Å²) in [6, 6.07) is 7.65. The van der Waals surface area contributed by atoms with Crippen LogP contribution in [0.2, 0.25) is 0 Å². The van der Waals surface area contributed by atoms with Crippen LogP contribution in [0.4, 0.5) is 0 Å². The van der Waals surface area contributed by atoms with E-state index in [1.165, 1.54) is 11.8 Å². The van der Waals surface area contributed by atoms with E-state index in [1.807, 2.05) is 30.3 Å². The van der Waals surface area contributed by atoms with Gasteiger partial charge in [0.2, 0.25) is 0 Å². The van der Waals surface area contributed by atoms with Crippen molar-refractivity contribution >= 4 is 28.9 Å². The summed E-state index contributed by atoms with van der Waals surface area (Å²) >= 11 is 1.47. The molecular formula is C16H19N3O2S. The van der Waals surface area contributed by atoms with Crippen molar-refractivity contribution in [1.82, 2.24) is 9.80 Å². The largest absolute Gasteiger partial charge is 0.497 e. The van der Waals surface area contributed by atoms with Crippen LogP contribution in [0.25, 0.3) is 6.08 Å². The Kier molecular flexibility index (Phi) is 4.49. The molecule has 0 radical (unpaired) electrons. The predicted molar refractivity (Wildman–Crippen MR) is 90.1 cm³/mol. The van der Waals surface area contributed by atoms with Crippen LogP contribution in [0.15, 0.2) is 34.2 Å². The number of likely N-dealkylation sites (N-methyl/N-ethyl adjacent to an activating group) is 1. The number of thioether (sulfide) groups is 1. The highest BCUT2D eigenvalue weighted by atomic mass is 32.2. The molecule has 1 amide bonds. The number of carbonyl (C=O) groups is 1. The molecule has 2 heterocycles. The number of nitrogens with zero attached hydrogens (tertiary/aromatic N) is 3. The van der Waals surface area contributed by atoms with Gasteiger partial charge in [0.05, 0.1) is 12.0 Å². The van der Waals surface area contributed by atoms with Crippen molar-refractivity contribution in [2.45, 2.75) is 0 Å². The number of ether oxygens (including phenoxy) is 1. The Balaban J connectivity index is 1.69. The van der Waals surface area contributed by atoms with Gasteiger partial charge in [-0.05, 0) is 42.6 Å². The fourth-order valence-corrected chi connectivity index (χ4v) is 3.35. The number of hydrogen-bond donors (Lipinski definition) is 0. The van der Waals surface area contributed by atoms with Gasteiger partial charge in [-0.15, -0.1) is 0 Å². The lowest BCUT2D eigenvalue weighted by molar-refractivity contribution is -0.113. The lowest BCUT2D eigenvalue weighted by Crippen LogP contribution is -2.46. The highest BCUT2D eigenvalue weighted by Gasteiger charge is 2.27. The average Bonchev–Trinajstić information content (AvgIpc) is 2.90. The van der Waals surface area contributed by atoms with Crippen molar-refractivity contribution in [3.05, 3.63) is 34.7 Å². The Hall–Kier alpha value is -1.79. The van der Waals surface area contributed by atoms with Crippen LogP contribution in [0, 0.1) is 0 Å². The summed E-state index contributed by atoms with van der Waals surface area (Å²) < 4.78 is 5.14. The summed E-state index contributed by atoms with van der Waals surface area (Å²) in [7, 11) is 3.75. The zero-order valence-electron chi connectivity index (χ0n) is 12.8. The third-order valence-electron chi connectivity index (χ3n) is 3.80. The molecular weight excluding hydrogens is 298 g/mol. The highest BCUT2D eigenvalue weighted by Crippen LogP contribution is 2.30. The number of carbonyl (C=O) groups excluding carboxylic acids is 1.